The maximum Gasteiger partial charge on any atom is 0.457 e. The van der Waals surface area contributed by atoms with Crippen LogP contribution in [0.15, 0.2) is 0 Å². The minimum atomic E-state index is -6.92. The average Bonchev–Trinajstić information content (AvgIpc) is 2.61. The van der Waals surface area contributed by atoms with E-state index >= 15 is 0 Å². The molecule has 12 heteroatoms. The van der Waals surface area contributed by atoms with Crippen molar-refractivity contribution in [1.29, 1.82) is 0 Å². The van der Waals surface area contributed by atoms with Gasteiger partial charge in [0.05, 0.1) is 0 Å². The topological polar surface area (TPSA) is 46.5 Å². The Balaban J connectivity index is 1.92. The van der Waals surface area contributed by atoms with Crippen LogP contribution in [-0.4, -0.2) is 46.2 Å². The Kier molecular flexibility index (Phi) is 6.12. The molecule has 4 bridgehead atoms. The van der Waals surface area contributed by atoms with Gasteiger partial charge in [-0.15, -0.1) is 0 Å². The summed E-state index contributed by atoms with van der Waals surface area (Å²) in [6.07, 6.45) is -12.8. The fraction of sp³-hybridized carbons (Fsp3) is 0.952. The number of alkyl halides is 9. The minimum Gasteiger partial charge on any atom is -0.456 e. The molecule has 2 atom stereocenters. The molecule has 0 aromatic carbocycles. The zero-order chi connectivity index (χ0) is 25.4. The second-order valence-corrected chi connectivity index (χ2v) is 10.5. The van der Waals surface area contributed by atoms with Crippen molar-refractivity contribution in [3.63, 3.8) is 0 Å². The fourth-order valence-corrected chi connectivity index (χ4v) is 6.58. The summed E-state index contributed by atoms with van der Waals surface area (Å²) in [7, 11) is 0. The lowest BCUT2D eigenvalue weighted by atomic mass is 9.47. The van der Waals surface area contributed by atoms with Crippen LogP contribution >= 0.6 is 0 Å². The van der Waals surface area contributed by atoms with Crippen molar-refractivity contribution in [2.45, 2.75) is 94.4 Å². The molecule has 4 fully saturated rings. The first-order valence-electron chi connectivity index (χ1n) is 10.8. The maximum absolute atomic E-state index is 14.6. The van der Waals surface area contributed by atoms with E-state index in [0.717, 1.165) is 6.42 Å². The third kappa shape index (κ3) is 3.91. The van der Waals surface area contributed by atoms with E-state index in [4.69, 9.17) is 4.74 Å². The van der Waals surface area contributed by atoms with Gasteiger partial charge in [-0.2, -0.15) is 35.1 Å². The number of carbonyl (C=O) groups excluding carboxylic acids is 1. The van der Waals surface area contributed by atoms with Crippen molar-refractivity contribution in [1.82, 2.24) is 0 Å². The van der Waals surface area contributed by atoms with Gasteiger partial charge in [-0.1, -0.05) is 13.8 Å². The number of hydrogen-bond acceptors (Lipinski definition) is 3. The summed E-state index contributed by atoms with van der Waals surface area (Å²) in [6.45, 7) is 3.68. The third-order valence-electron chi connectivity index (χ3n) is 7.92. The Labute approximate surface area is 185 Å². The van der Waals surface area contributed by atoms with Gasteiger partial charge >= 0.3 is 24.2 Å². The molecule has 33 heavy (non-hydrogen) atoms. The van der Waals surface area contributed by atoms with Crippen molar-refractivity contribution >= 4 is 5.97 Å². The van der Waals surface area contributed by atoms with Crippen molar-refractivity contribution < 1.29 is 54.2 Å². The van der Waals surface area contributed by atoms with Crippen LogP contribution in [0.2, 0.25) is 0 Å². The average molecular weight is 498 g/mol. The Morgan fingerprint density at radius 1 is 0.879 bits per heavy atom. The zero-order valence-corrected chi connectivity index (χ0v) is 18.3. The molecular formula is C21H27F9O3. The van der Waals surface area contributed by atoms with Gasteiger partial charge in [0.2, 0.25) is 0 Å². The molecule has 0 saturated heterocycles. The molecule has 4 rings (SSSR count). The highest BCUT2D eigenvalue weighted by atomic mass is 19.4. The molecule has 0 aromatic heterocycles. The molecule has 0 aromatic rings. The third-order valence-corrected chi connectivity index (χ3v) is 7.92. The van der Waals surface area contributed by atoms with Crippen molar-refractivity contribution in [3.8, 4) is 0 Å². The van der Waals surface area contributed by atoms with Crippen LogP contribution in [0.1, 0.15) is 59.3 Å². The van der Waals surface area contributed by atoms with Crippen LogP contribution in [0.3, 0.4) is 0 Å². The molecule has 4 aliphatic rings. The lowest BCUT2D eigenvalue weighted by Crippen LogP contribution is -2.67. The molecule has 4 saturated carbocycles. The van der Waals surface area contributed by atoms with Crippen LogP contribution in [0.4, 0.5) is 39.5 Å². The number of esters is 1. The lowest BCUT2D eigenvalue weighted by Gasteiger charge is -2.62. The number of ether oxygens (including phenoxy) is 1. The van der Waals surface area contributed by atoms with E-state index in [1.54, 1.807) is 13.8 Å². The first-order chi connectivity index (χ1) is 14.7. The molecule has 2 unspecified atom stereocenters. The van der Waals surface area contributed by atoms with Crippen LogP contribution in [0.5, 0.6) is 0 Å². The van der Waals surface area contributed by atoms with E-state index in [2.05, 4.69) is 0 Å². The van der Waals surface area contributed by atoms with Gasteiger partial charge in [0.25, 0.3) is 5.67 Å². The number of carbonyl (C=O) groups is 1. The second kappa shape index (κ2) is 7.65. The predicted molar refractivity (Wildman–Crippen MR) is 96.8 cm³/mol. The Bertz CT molecular complexity index is 744. The van der Waals surface area contributed by atoms with E-state index < -0.39 is 47.5 Å². The summed E-state index contributed by atoms with van der Waals surface area (Å²) in [5.74, 6) is -8.75. The van der Waals surface area contributed by atoms with Crippen LogP contribution in [-0.2, 0) is 9.53 Å². The minimum absolute atomic E-state index is 0.192. The molecule has 0 radical (unpaired) electrons. The number of halogens is 9. The first-order valence-corrected chi connectivity index (χ1v) is 10.8. The summed E-state index contributed by atoms with van der Waals surface area (Å²) < 4.78 is 125. The van der Waals surface area contributed by atoms with Gasteiger partial charge in [0.15, 0.2) is 5.60 Å². The molecular weight excluding hydrogens is 471 g/mol. The summed E-state index contributed by atoms with van der Waals surface area (Å²) in [5, 5.41) is 10.3. The van der Waals surface area contributed by atoms with E-state index in [1.165, 1.54) is 0 Å². The van der Waals surface area contributed by atoms with Crippen LogP contribution < -0.4 is 0 Å². The van der Waals surface area contributed by atoms with Gasteiger partial charge in [0.1, 0.15) is 5.60 Å². The van der Waals surface area contributed by atoms with Gasteiger partial charge in [0, 0.05) is 6.42 Å². The van der Waals surface area contributed by atoms with E-state index in [9.17, 15) is 49.4 Å². The van der Waals surface area contributed by atoms with Crippen molar-refractivity contribution in [2.24, 2.45) is 29.6 Å². The van der Waals surface area contributed by atoms with Gasteiger partial charge in [-0.25, -0.2) is 9.18 Å². The zero-order valence-electron chi connectivity index (χ0n) is 18.3. The molecule has 0 amide bonds. The SMILES string of the molecule is CC(C)C1(OC(=O)C(C)(O)CC(F)(C(F)(F)F)C(F)(F)C(F)(F)F)C2CC3CC(C2)CC1C3. The summed E-state index contributed by atoms with van der Waals surface area (Å²) in [5.41, 5.74) is -11.1. The second-order valence-electron chi connectivity index (χ2n) is 10.5. The summed E-state index contributed by atoms with van der Waals surface area (Å²) >= 11 is 0. The molecule has 4 aliphatic carbocycles. The lowest BCUT2D eigenvalue weighted by molar-refractivity contribution is -0.389. The Morgan fingerprint density at radius 3 is 1.64 bits per heavy atom. The van der Waals surface area contributed by atoms with Gasteiger partial charge in [-0.05, 0) is 68.6 Å². The predicted octanol–water partition coefficient (Wildman–Crippen LogP) is 5.99. The molecule has 0 aliphatic heterocycles. The first kappa shape index (κ1) is 26.4. The highest BCUT2D eigenvalue weighted by Crippen LogP contribution is 2.62. The fourth-order valence-electron chi connectivity index (χ4n) is 6.58. The summed E-state index contributed by atoms with van der Waals surface area (Å²) in [4.78, 5) is 12.8. The highest BCUT2D eigenvalue weighted by Gasteiger charge is 2.82. The molecule has 1 N–H and O–H groups in total. The number of hydrogen-bond donors (Lipinski definition) is 1. The monoisotopic (exact) mass is 498 g/mol. The van der Waals surface area contributed by atoms with Crippen molar-refractivity contribution in [2.75, 3.05) is 0 Å². The molecule has 0 heterocycles. The van der Waals surface area contributed by atoms with E-state index in [0.29, 0.717) is 37.5 Å². The smallest absolute Gasteiger partial charge is 0.456 e. The highest BCUT2D eigenvalue weighted by molar-refractivity contribution is 5.79. The van der Waals surface area contributed by atoms with E-state index in [-0.39, 0.29) is 24.7 Å². The molecule has 3 nitrogen and oxygen atoms in total. The standard InChI is InChI=1S/C21H27F9O3/c1-10(2)18(13-5-11-4-12(7-13)8-14(18)6-11)33-15(31)16(3,32)9-17(22,20(25,26)27)19(23,24)21(28,29)30/h10-14,32H,4-9H2,1-3H3. The van der Waals surface area contributed by atoms with Gasteiger partial charge < -0.3 is 9.84 Å². The number of rotatable bonds is 6. The molecule has 0 spiro atoms. The quantitative estimate of drug-likeness (QED) is 0.362. The summed E-state index contributed by atoms with van der Waals surface area (Å²) in [6, 6.07) is 0. The van der Waals surface area contributed by atoms with Gasteiger partial charge in [-0.3, -0.25) is 0 Å². The molecule has 192 valence electrons. The Morgan fingerprint density at radius 2 is 1.30 bits per heavy atom. The number of aliphatic hydroxyl groups is 1. The van der Waals surface area contributed by atoms with Crippen LogP contribution in [0, 0.1) is 29.6 Å². The van der Waals surface area contributed by atoms with Crippen molar-refractivity contribution in [3.05, 3.63) is 0 Å². The normalized spacial score (nSPS) is 35.9. The van der Waals surface area contributed by atoms with Crippen LogP contribution in [0.25, 0.3) is 0 Å². The Hall–Kier alpha value is -1.20. The largest absolute Gasteiger partial charge is 0.457 e. The van der Waals surface area contributed by atoms with E-state index in [1.807, 2.05) is 0 Å². The maximum atomic E-state index is 14.6.